The van der Waals surface area contributed by atoms with Crippen molar-refractivity contribution >= 4 is 17.7 Å². The van der Waals surface area contributed by atoms with Crippen LogP contribution in [0.1, 0.15) is 72.1 Å². The molecule has 0 aromatic rings. The van der Waals surface area contributed by atoms with Gasteiger partial charge >= 0.3 is 0 Å². The largest absolute Gasteiger partial charge is 0.353 e. The van der Waals surface area contributed by atoms with Crippen molar-refractivity contribution in [1.29, 1.82) is 0 Å². The minimum atomic E-state index is -0.660. The summed E-state index contributed by atoms with van der Waals surface area (Å²) in [7, 11) is 0. The molecule has 0 spiro atoms. The van der Waals surface area contributed by atoms with E-state index in [9.17, 15) is 14.4 Å². The van der Waals surface area contributed by atoms with Gasteiger partial charge in [-0.05, 0) is 32.1 Å². The zero-order chi connectivity index (χ0) is 16.9. The van der Waals surface area contributed by atoms with Gasteiger partial charge in [0.2, 0.25) is 17.7 Å². The molecule has 0 aromatic heterocycles. The van der Waals surface area contributed by atoms with Crippen LogP contribution in [0, 0.1) is 16.2 Å². The molecule has 2 aliphatic carbocycles. The number of amides is 3. The minimum absolute atomic E-state index is 0.0176. The summed E-state index contributed by atoms with van der Waals surface area (Å²) in [6, 6.07) is 0.250. The Balaban J connectivity index is 1.81. The number of nitrogens with one attached hydrogen (secondary N) is 2. The Morgan fingerprint density at radius 2 is 1.48 bits per heavy atom. The first-order valence-corrected chi connectivity index (χ1v) is 8.84. The summed E-state index contributed by atoms with van der Waals surface area (Å²) in [6.07, 6.45) is 7.20. The van der Waals surface area contributed by atoms with Gasteiger partial charge in [0.15, 0.2) is 0 Å². The van der Waals surface area contributed by atoms with Crippen molar-refractivity contribution in [3.05, 3.63) is 0 Å². The van der Waals surface area contributed by atoms with Crippen molar-refractivity contribution in [3.63, 3.8) is 0 Å². The van der Waals surface area contributed by atoms with E-state index in [-0.39, 0.29) is 23.8 Å². The second kappa shape index (κ2) is 5.32. The van der Waals surface area contributed by atoms with Gasteiger partial charge in [0, 0.05) is 22.3 Å². The van der Waals surface area contributed by atoms with Gasteiger partial charge in [0.25, 0.3) is 0 Å². The topological polar surface area (TPSA) is 75.3 Å². The highest BCUT2D eigenvalue weighted by atomic mass is 16.2. The lowest BCUT2D eigenvalue weighted by atomic mass is 9.52. The van der Waals surface area contributed by atoms with Crippen LogP contribution in [-0.4, -0.2) is 23.8 Å². The third kappa shape index (κ3) is 2.79. The maximum atomic E-state index is 13.0. The van der Waals surface area contributed by atoms with E-state index in [0.29, 0.717) is 19.3 Å². The monoisotopic (exact) mass is 320 g/mol. The fraction of sp³-hybridized carbons (Fsp3) is 0.833. The lowest BCUT2D eigenvalue weighted by molar-refractivity contribution is -0.164. The molecule has 2 atom stereocenters. The third-order valence-electron chi connectivity index (χ3n) is 6.15. The van der Waals surface area contributed by atoms with E-state index in [4.69, 9.17) is 0 Å². The van der Waals surface area contributed by atoms with Gasteiger partial charge in [0.1, 0.15) is 0 Å². The van der Waals surface area contributed by atoms with Gasteiger partial charge in [0.05, 0.1) is 0 Å². The Morgan fingerprint density at radius 1 is 0.957 bits per heavy atom. The molecule has 5 nitrogen and oxygen atoms in total. The predicted molar refractivity (Wildman–Crippen MR) is 86.3 cm³/mol. The van der Waals surface area contributed by atoms with Crippen LogP contribution in [0.5, 0.6) is 0 Å². The number of carbonyl (C=O) groups excluding carboxylic acids is 3. The third-order valence-corrected chi connectivity index (χ3v) is 6.15. The van der Waals surface area contributed by atoms with E-state index < -0.39 is 16.2 Å². The van der Waals surface area contributed by atoms with Crippen LogP contribution in [0.4, 0.5) is 0 Å². The number of hydrogen-bond donors (Lipinski definition) is 2. The summed E-state index contributed by atoms with van der Waals surface area (Å²) in [5.74, 6) is -0.434. The Bertz CT molecular complexity index is 524. The first-order valence-electron chi connectivity index (χ1n) is 8.84. The SMILES string of the molecule is CC12CC(C)(CC(C)(C(=O)NC3CCCCC3)C1)C(=O)NC2=O. The molecule has 1 aliphatic heterocycles. The fourth-order valence-corrected chi connectivity index (χ4v) is 5.26. The summed E-state index contributed by atoms with van der Waals surface area (Å²) in [4.78, 5) is 37.6. The number of piperidine rings is 1. The highest BCUT2D eigenvalue weighted by Crippen LogP contribution is 2.56. The molecule has 23 heavy (non-hydrogen) atoms. The lowest BCUT2D eigenvalue weighted by Gasteiger charge is -2.53. The second-order valence-electron chi connectivity index (χ2n) is 8.80. The van der Waals surface area contributed by atoms with E-state index in [1.54, 1.807) is 0 Å². The van der Waals surface area contributed by atoms with Crippen molar-refractivity contribution in [2.75, 3.05) is 0 Å². The molecule has 1 saturated heterocycles. The average molecular weight is 320 g/mol. The molecule has 2 N–H and O–H groups in total. The number of carbonyl (C=O) groups is 3. The van der Waals surface area contributed by atoms with Gasteiger partial charge in [-0.25, -0.2) is 0 Å². The molecule has 0 radical (unpaired) electrons. The highest BCUT2D eigenvalue weighted by molar-refractivity contribution is 6.04. The Hall–Kier alpha value is -1.39. The number of hydrogen-bond acceptors (Lipinski definition) is 3. The van der Waals surface area contributed by atoms with Gasteiger partial charge in [-0.2, -0.15) is 0 Å². The van der Waals surface area contributed by atoms with Crippen LogP contribution in [0.2, 0.25) is 0 Å². The molecule has 3 rings (SSSR count). The van der Waals surface area contributed by atoms with Gasteiger partial charge < -0.3 is 5.32 Å². The van der Waals surface area contributed by atoms with Crippen LogP contribution in [0.25, 0.3) is 0 Å². The smallest absolute Gasteiger partial charge is 0.232 e. The van der Waals surface area contributed by atoms with Crippen molar-refractivity contribution in [2.24, 2.45) is 16.2 Å². The summed E-state index contributed by atoms with van der Waals surface area (Å²) >= 11 is 0. The standard InChI is InChI=1S/C18H28N2O3/c1-16(13(21)19-12-7-5-4-6-8-12)9-17(2)11-18(3,10-16)15(23)20-14(17)22/h12H,4-11H2,1-3H3,(H,19,21)(H,20,22,23). The summed E-state index contributed by atoms with van der Waals surface area (Å²) in [5, 5.41) is 5.71. The molecular formula is C18H28N2O3. The van der Waals surface area contributed by atoms with Crippen LogP contribution in [0.3, 0.4) is 0 Å². The first kappa shape index (κ1) is 16.5. The molecule has 5 heteroatoms. The summed E-state index contributed by atoms with van der Waals surface area (Å²) < 4.78 is 0. The number of fused-ring (bicyclic) bond motifs is 2. The molecule has 2 saturated carbocycles. The van der Waals surface area contributed by atoms with Crippen molar-refractivity contribution < 1.29 is 14.4 Å². The van der Waals surface area contributed by atoms with Crippen LogP contribution >= 0.6 is 0 Å². The Morgan fingerprint density at radius 3 is 2.00 bits per heavy atom. The van der Waals surface area contributed by atoms with Crippen molar-refractivity contribution in [3.8, 4) is 0 Å². The Kier molecular flexibility index (Phi) is 3.81. The van der Waals surface area contributed by atoms with E-state index in [1.165, 1.54) is 6.42 Å². The minimum Gasteiger partial charge on any atom is -0.353 e. The van der Waals surface area contributed by atoms with Crippen molar-refractivity contribution in [1.82, 2.24) is 10.6 Å². The molecule has 3 fully saturated rings. The maximum absolute atomic E-state index is 13.0. The summed E-state index contributed by atoms with van der Waals surface area (Å²) in [5.41, 5.74) is -1.94. The quantitative estimate of drug-likeness (QED) is 0.767. The van der Waals surface area contributed by atoms with E-state index >= 15 is 0 Å². The maximum Gasteiger partial charge on any atom is 0.232 e. The molecular weight excluding hydrogens is 292 g/mol. The Labute approximate surface area is 138 Å². The number of rotatable bonds is 2. The molecule has 3 aliphatic rings. The van der Waals surface area contributed by atoms with Gasteiger partial charge in [-0.15, -0.1) is 0 Å². The molecule has 128 valence electrons. The lowest BCUT2D eigenvalue weighted by Crippen LogP contribution is -2.64. The fourth-order valence-electron chi connectivity index (χ4n) is 5.26. The molecule has 0 aromatic carbocycles. The molecule has 1 heterocycles. The van der Waals surface area contributed by atoms with Gasteiger partial charge in [-0.1, -0.05) is 40.0 Å². The van der Waals surface area contributed by atoms with Gasteiger partial charge in [-0.3, -0.25) is 19.7 Å². The predicted octanol–water partition coefficient (Wildman–Crippen LogP) is 2.29. The second-order valence-corrected chi connectivity index (χ2v) is 8.80. The van der Waals surface area contributed by atoms with E-state index in [0.717, 1.165) is 25.7 Å². The van der Waals surface area contributed by atoms with Crippen LogP contribution < -0.4 is 10.6 Å². The normalized spacial score (nSPS) is 41.3. The highest BCUT2D eigenvalue weighted by Gasteiger charge is 2.60. The number of imide groups is 1. The zero-order valence-electron chi connectivity index (χ0n) is 14.5. The average Bonchev–Trinajstić information content (AvgIpc) is 2.45. The van der Waals surface area contributed by atoms with E-state index in [1.807, 2.05) is 20.8 Å². The summed E-state index contributed by atoms with van der Waals surface area (Å²) in [6.45, 7) is 5.70. The molecule has 2 unspecified atom stereocenters. The van der Waals surface area contributed by atoms with Crippen LogP contribution in [0.15, 0.2) is 0 Å². The first-order chi connectivity index (χ1) is 10.7. The molecule has 3 amide bonds. The van der Waals surface area contributed by atoms with Crippen LogP contribution in [-0.2, 0) is 14.4 Å². The zero-order valence-corrected chi connectivity index (χ0v) is 14.5. The van der Waals surface area contributed by atoms with E-state index in [2.05, 4.69) is 10.6 Å². The molecule has 2 bridgehead atoms. The van der Waals surface area contributed by atoms with Crippen molar-refractivity contribution in [2.45, 2.75) is 78.2 Å².